The zero-order chi connectivity index (χ0) is 23.9. The highest BCUT2D eigenvalue weighted by molar-refractivity contribution is 5.76. The second kappa shape index (κ2) is 11.0. The molecule has 2 N–H and O–H groups in total. The molecule has 2 aromatic carbocycles. The van der Waals surface area contributed by atoms with Gasteiger partial charge in [-0.1, -0.05) is 6.07 Å². The SMILES string of the molecule is Cc1nccn1C[C@@H](NC(=O)CCCOc1ccc(F)cc1)[C@H](O)c1ccc2c(c1)OCCO2. The number of fused-ring (bicyclic) bond motifs is 1. The molecule has 0 bridgehead atoms. The molecule has 0 fully saturated rings. The van der Waals surface area contributed by atoms with Crippen molar-refractivity contribution in [2.24, 2.45) is 0 Å². The number of ether oxygens (including phenoxy) is 3. The zero-order valence-corrected chi connectivity index (χ0v) is 18.9. The minimum absolute atomic E-state index is 0.206. The van der Waals surface area contributed by atoms with Gasteiger partial charge >= 0.3 is 0 Å². The molecule has 0 unspecified atom stereocenters. The molecule has 4 rings (SSSR count). The van der Waals surface area contributed by atoms with Gasteiger partial charge in [-0.05, 0) is 55.3 Å². The zero-order valence-electron chi connectivity index (χ0n) is 18.9. The number of aliphatic hydroxyl groups excluding tert-OH is 1. The van der Waals surface area contributed by atoms with E-state index in [9.17, 15) is 14.3 Å². The van der Waals surface area contributed by atoms with Crippen LogP contribution >= 0.6 is 0 Å². The van der Waals surface area contributed by atoms with Crippen LogP contribution in [0.3, 0.4) is 0 Å². The second-order valence-corrected chi connectivity index (χ2v) is 8.05. The van der Waals surface area contributed by atoms with Crippen LogP contribution in [0.4, 0.5) is 4.39 Å². The van der Waals surface area contributed by atoms with Crippen molar-refractivity contribution < 1.29 is 28.5 Å². The molecule has 180 valence electrons. The molecular formula is C25H28FN3O5. The van der Waals surface area contributed by atoms with Crippen LogP contribution in [-0.2, 0) is 11.3 Å². The van der Waals surface area contributed by atoms with E-state index in [1.165, 1.54) is 12.1 Å². The molecule has 2 atom stereocenters. The van der Waals surface area contributed by atoms with Crippen LogP contribution in [0.15, 0.2) is 54.9 Å². The topological polar surface area (TPSA) is 94.8 Å². The Morgan fingerprint density at radius 3 is 2.71 bits per heavy atom. The Morgan fingerprint density at radius 2 is 1.97 bits per heavy atom. The predicted molar refractivity (Wildman–Crippen MR) is 122 cm³/mol. The number of carbonyl (C=O) groups is 1. The largest absolute Gasteiger partial charge is 0.494 e. The van der Waals surface area contributed by atoms with E-state index in [0.717, 1.165) is 5.82 Å². The van der Waals surface area contributed by atoms with Gasteiger partial charge in [0, 0.05) is 25.4 Å². The number of carbonyl (C=O) groups excluding carboxylic acids is 1. The maximum Gasteiger partial charge on any atom is 0.220 e. The van der Waals surface area contributed by atoms with Crippen LogP contribution in [-0.4, -0.2) is 46.4 Å². The van der Waals surface area contributed by atoms with Crippen molar-refractivity contribution in [2.75, 3.05) is 19.8 Å². The van der Waals surface area contributed by atoms with Crippen molar-refractivity contribution in [1.82, 2.24) is 14.9 Å². The molecule has 1 aliphatic heterocycles. The van der Waals surface area contributed by atoms with Crippen LogP contribution in [0.25, 0.3) is 0 Å². The van der Waals surface area contributed by atoms with Gasteiger partial charge in [-0.15, -0.1) is 0 Å². The van der Waals surface area contributed by atoms with Gasteiger partial charge in [0.15, 0.2) is 11.5 Å². The Balaban J connectivity index is 1.38. The Kier molecular flexibility index (Phi) is 7.64. The molecule has 8 nitrogen and oxygen atoms in total. The minimum Gasteiger partial charge on any atom is -0.494 e. The van der Waals surface area contributed by atoms with Crippen molar-refractivity contribution in [3.63, 3.8) is 0 Å². The summed E-state index contributed by atoms with van der Waals surface area (Å²) in [5.74, 6) is 1.99. The molecular weight excluding hydrogens is 441 g/mol. The van der Waals surface area contributed by atoms with E-state index < -0.39 is 12.1 Å². The maximum atomic E-state index is 13.0. The summed E-state index contributed by atoms with van der Waals surface area (Å²) in [6.07, 6.45) is 3.20. The summed E-state index contributed by atoms with van der Waals surface area (Å²) < 4.78 is 31.6. The fraction of sp³-hybridized carbons (Fsp3) is 0.360. The normalized spacial score (nSPS) is 14.3. The summed E-state index contributed by atoms with van der Waals surface area (Å²) in [7, 11) is 0. The van der Waals surface area contributed by atoms with Crippen molar-refractivity contribution in [3.8, 4) is 17.2 Å². The number of halogens is 1. The number of nitrogens with one attached hydrogen (secondary N) is 1. The Hall–Kier alpha value is -3.59. The summed E-state index contributed by atoms with van der Waals surface area (Å²) in [4.78, 5) is 16.9. The number of nitrogens with zero attached hydrogens (tertiary/aromatic N) is 2. The molecule has 1 aromatic heterocycles. The number of imidazole rings is 1. The number of hydrogen-bond donors (Lipinski definition) is 2. The molecule has 1 amide bonds. The lowest BCUT2D eigenvalue weighted by Crippen LogP contribution is -2.42. The molecule has 3 aromatic rings. The lowest BCUT2D eigenvalue weighted by Gasteiger charge is -2.27. The van der Waals surface area contributed by atoms with Gasteiger partial charge in [0.25, 0.3) is 0 Å². The van der Waals surface area contributed by atoms with Crippen LogP contribution < -0.4 is 19.5 Å². The quantitative estimate of drug-likeness (QED) is 0.443. The highest BCUT2D eigenvalue weighted by atomic mass is 19.1. The molecule has 0 spiro atoms. The average molecular weight is 470 g/mol. The molecule has 9 heteroatoms. The fourth-order valence-corrected chi connectivity index (χ4v) is 3.74. The van der Waals surface area contributed by atoms with Crippen molar-refractivity contribution in [2.45, 2.75) is 38.5 Å². The van der Waals surface area contributed by atoms with E-state index in [4.69, 9.17) is 14.2 Å². The number of aromatic nitrogens is 2. The number of aliphatic hydroxyl groups is 1. The maximum absolute atomic E-state index is 13.0. The molecule has 2 heterocycles. The number of benzene rings is 2. The fourth-order valence-electron chi connectivity index (χ4n) is 3.74. The van der Waals surface area contributed by atoms with Crippen LogP contribution in [0.1, 0.15) is 30.3 Å². The summed E-state index contributed by atoms with van der Waals surface area (Å²) >= 11 is 0. The first-order chi connectivity index (χ1) is 16.5. The monoisotopic (exact) mass is 469 g/mol. The van der Waals surface area contributed by atoms with E-state index in [1.54, 1.807) is 36.5 Å². The summed E-state index contributed by atoms with van der Waals surface area (Å²) in [5, 5.41) is 14.1. The van der Waals surface area contributed by atoms with Gasteiger partial charge in [-0.25, -0.2) is 9.37 Å². The Morgan fingerprint density at radius 1 is 1.21 bits per heavy atom. The number of hydrogen-bond acceptors (Lipinski definition) is 6. The van der Waals surface area contributed by atoms with E-state index in [-0.39, 0.29) is 18.1 Å². The molecule has 34 heavy (non-hydrogen) atoms. The summed E-state index contributed by atoms with van der Waals surface area (Å²) in [5.41, 5.74) is 0.618. The third-order valence-corrected chi connectivity index (χ3v) is 5.58. The molecule has 0 aliphatic carbocycles. The Labute approximate surface area is 197 Å². The molecule has 0 saturated carbocycles. The van der Waals surface area contributed by atoms with E-state index in [0.29, 0.717) is 55.6 Å². The average Bonchev–Trinajstić information content (AvgIpc) is 3.26. The van der Waals surface area contributed by atoms with Crippen LogP contribution in [0.2, 0.25) is 0 Å². The van der Waals surface area contributed by atoms with Crippen LogP contribution in [0, 0.1) is 12.7 Å². The first-order valence-electron chi connectivity index (χ1n) is 11.2. The smallest absolute Gasteiger partial charge is 0.220 e. The van der Waals surface area contributed by atoms with Crippen molar-refractivity contribution in [3.05, 3.63) is 72.1 Å². The van der Waals surface area contributed by atoms with Gasteiger partial charge < -0.3 is 29.2 Å². The third kappa shape index (κ3) is 6.05. The van der Waals surface area contributed by atoms with E-state index in [1.807, 2.05) is 17.7 Å². The lowest BCUT2D eigenvalue weighted by molar-refractivity contribution is -0.123. The highest BCUT2D eigenvalue weighted by Gasteiger charge is 2.25. The number of amides is 1. The van der Waals surface area contributed by atoms with Gasteiger partial charge in [-0.3, -0.25) is 4.79 Å². The standard InChI is InChI=1S/C25H28FN3O5/c1-17-27-10-11-29(17)16-21(25(31)18-4-9-22-23(15-18)34-14-13-33-22)28-24(30)3-2-12-32-20-7-5-19(26)6-8-20/h4-11,15,21,25,31H,2-3,12-14,16H2,1H3,(H,28,30)/t21-,25-/m1/s1. The first kappa shape index (κ1) is 23.6. The van der Waals surface area contributed by atoms with E-state index in [2.05, 4.69) is 10.3 Å². The van der Waals surface area contributed by atoms with E-state index >= 15 is 0 Å². The van der Waals surface area contributed by atoms with Gasteiger partial charge in [0.1, 0.15) is 36.7 Å². The molecule has 0 radical (unpaired) electrons. The predicted octanol–water partition coefficient (Wildman–Crippen LogP) is 3.18. The number of rotatable bonds is 10. The van der Waals surface area contributed by atoms with Gasteiger partial charge in [-0.2, -0.15) is 0 Å². The van der Waals surface area contributed by atoms with Gasteiger partial charge in [0.2, 0.25) is 5.91 Å². The molecule has 1 aliphatic rings. The Bertz CT molecular complexity index is 1100. The summed E-state index contributed by atoms with van der Waals surface area (Å²) in [6, 6.07) is 10.4. The highest BCUT2D eigenvalue weighted by Crippen LogP contribution is 2.33. The third-order valence-electron chi connectivity index (χ3n) is 5.58. The van der Waals surface area contributed by atoms with Gasteiger partial charge in [0.05, 0.1) is 12.6 Å². The minimum atomic E-state index is -0.975. The van der Waals surface area contributed by atoms with Crippen molar-refractivity contribution >= 4 is 5.91 Å². The molecule has 0 saturated heterocycles. The van der Waals surface area contributed by atoms with Crippen LogP contribution in [0.5, 0.6) is 17.2 Å². The number of aryl methyl sites for hydroxylation is 1. The first-order valence-corrected chi connectivity index (χ1v) is 11.2. The lowest BCUT2D eigenvalue weighted by atomic mass is 10.0. The van der Waals surface area contributed by atoms with Crippen molar-refractivity contribution in [1.29, 1.82) is 0 Å². The summed E-state index contributed by atoms with van der Waals surface area (Å²) in [6.45, 7) is 3.45. The second-order valence-electron chi connectivity index (χ2n) is 8.05.